The molecule has 1 N–H and O–H groups in total. The van der Waals surface area contributed by atoms with Crippen LogP contribution in [-0.4, -0.2) is 64.5 Å². The highest BCUT2D eigenvalue weighted by atomic mass is 19.4. The number of hydrogen-bond donors (Lipinski definition) is 1. The third-order valence-corrected chi connectivity index (χ3v) is 4.08. The molecule has 0 saturated heterocycles. The molecule has 0 bridgehead atoms. The molecule has 0 heterocycles. The highest BCUT2D eigenvalue weighted by molar-refractivity contribution is 5.94. The molecule has 34 heavy (non-hydrogen) atoms. The van der Waals surface area contributed by atoms with Gasteiger partial charge in [-0.2, -0.15) is 74.6 Å². The first-order chi connectivity index (χ1) is 14.6. The van der Waals surface area contributed by atoms with Crippen molar-refractivity contribution in [1.29, 1.82) is 0 Å². The Balaban J connectivity index is 6.25. The largest absolute Gasteiger partial charge is 0.481 e. The maximum Gasteiger partial charge on any atom is 0.460 e. The Morgan fingerprint density at radius 3 is 1.18 bits per heavy atom. The fourth-order valence-electron chi connectivity index (χ4n) is 2.12. The minimum Gasteiger partial charge on any atom is -0.481 e. The maximum atomic E-state index is 13.5. The molecule has 0 aromatic heterocycles. The number of rotatable bonds is 12. The number of carboxylic acids is 1. The number of carbonyl (C=O) groups is 2. The molecule has 0 aromatic rings. The molecule has 0 amide bonds. The van der Waals surface area contributed by atoms with E-state index in [1.807, 2.05) is 0 Å². The summed E-state index contributed by atoms with van der Waals surface area (Å²) < 4.78 is 221. The van der Waals surface area contributed by atoms with Gasteiger partial charge >= 0.3 is 53.6 Å². The second kappa shape index (κ2) is 8.87. The number of alkyl halides is 17. The molecule has 0 spiro atoms. The lowest BCUT2D eigenvalue weighted by Crippen LogP contribution is -2.74. The van der Waals surface area contributed by atoms with E-state index in [1.54, 1.807) is 0 Å². The van der Waals surface area contributed by atoms with Gasteiger partial charge in [-0.25, -0.2) is 0 Å². The number of aliphatic carboxylic acids is 1. The van der Waals surface area contributed by atoms with E-state index in [2.05, 4.69) is 0 Å². The maximum absolute atomic E-state index is 13.5. The lowest BCUT2D eigenvalue weighted by molar-refractivity contribution is -0.461. The summed E-state index contributed by atoms with van der Waals surface area (Å²) in [4.78, 5) is 21.1. The first kappa shape index (κ1) is 31.9. The molecule has 0 aliphatic rings. The fourth-order valence-corrected chi connectivity index (χ4v) is 2.12. The van der Waals surface area contributed by atoms with Crippen molar-refractivity contribution in [3.63, 3.8) is 0 Å². The lowest BCUT2D eigenvalue weighted by Gasteiger charge is -2.42. The predicted octanol–water partition coefficient (Wildman–Crippen LogP) is 6.21. The van der Waals surface area contributed by atoms with Crippen LogP contribution in [0.15, 0.2) is 0 Å². The van der Waals surface area contributed by atoms with Crippen molar-refractivity contribution in [2.24, 2.45) is 0 Å². The van der Waals surface area contributed by atoms with Crippen LogP contribution in [0.25, 0.3) is 0 Å². The zero-order valence-corrected chi connectivity index (χ0v) is 15.5. The van der Waals surface area contributed by atoms with E-state index in [0.29, 0.717) is 0 Å². The van der Waals surface area contributed by atoms with Crippen LogP contribution in [0.1, 0.15) is 25.7 Å². The van der Waals surface area contributed by atoms with Crippen molar-refractivity contribution in [1.82, 2.24) is 0 Å². The van der Waals surface area contributed by atoms with E-state index in [9.17, 15) is 84.2 Å². The Bertz CT molecular complexity index is 768. The molecule has 0 saturated carbocycles. The molecule has 0 radical (unpaired) electrons. The summed E-state index contributed by atoms with van der Waals surface area (Å²) in [5.74, 6) is -60.3. The third-order valence-electron chi connectivity index (χ3n) is 4.08. The molecule has 0 atom stereocenters. The van der Waals surface area contributed by atoms with Crippen LogP contribution in [0.4, 0.5) is 74.6 Å². The van der Waals surface area contributed by atoms with Gasteiger partial charge in [0.15, 0.2) is 0 Å². The summed E-state index contributed by atoms with van der Waals surface area (Å²) in [5, 5.41) is 8.19. The second-order valence-corrected chi connectivity index (χ2v) is 6.61. The summed E-state index contributed by atoms with van der Waals surface area (Å²) >= 11 is 0. The van der Waals surface area contributed by atoms with Crippen LogP contribution in [0.5, 0.6) is 0 Å². The number of halogens is 17. The number of carbonyl (C=O) groups excluding carboxylic acids is 1. The van der Waals surface area contributed by atoms with Gasteiger partial charge in [-0.3, -0.25) is 9.59 Å². The summed E-state index contributed by atoms with van der Waals surface area (Å²) in [6.07, 6.45) is -15.1. The zero-order valence-electron chi connectivity index (χ0n) is 15.5. The smallest absolute Gasteiger partial charge is 0.460 e. The normalized spacial score (nSPS) is 15.4. The van der Waals surface area contributed by atoms with E-state index in [4.69, 9.17) is 5.11 Å². The van der Waals surface area contributed by atoms with Crippen molar-refractivity contribution < 1.29 is 89.3 Å². The quantitative estimate of drug-likeness (QED) is 0.233. The Hall–Kier alpha value is -2.05. The predicted molar refractivity (Wildman–Crippen MR) is 71.8 cm³/mol. The standard InChI is InChI=1S/C14H9F17O3/c15-7(16,3-1-2-5(32)4-6(33)34)8(17,18)9(19,20)10(21,22)11(23,24)12(25,26)13(27,28)14(29,30)31/h1-4H2,(H,33,34). The van der Waals surface area contributed by atoms with Gasteiger partial charge < -0.3 is 5.11 Å². The Kier molecular flexibility index (Phi) is 8.33. The van der Waals surface area contributed by atoms with Gasteiger partial charge in [0, 0.05) is 12.8 Å². The van der Waals surface area contributed by atoms with Crippen molar-refractivity contribution in [2.45, 2.75) is 73.3 Å². The highest BCUT2D eigenvalue weighted by Gasteiger charge is 2.95. The summed E-state index contributed by atoms with van der Waals surface area (Å²) in [7, 11) is 0. The monoisotopic (exact) mass is 548 g/mol. The number of Topliss-reactive ketones (excluding diaryl/α,β-unsaturated/α-hetero) is 1. The average molecular weight is 548 g/mol. The van der Waals surface area contributed by atoms with Gasteiger partial charge in [-0.1, -0.05) is 0 Å². The Morgan fingerprint density at radius 1 is 0.529 bits per heavy atom. The van der Waals surface area contributed by atoms with E-state index in [1.165, 1.54) is 0 Å². The number of carboxylic acid groups (broad SMARTS) is 1. The molecule has 0 unspecified atom stereocenters. The van der Waals surface area contributed by atoms with Crippen LogP contribution >= 0.6 is 0 Å². The van der Waals surface area contributed by atoms with E-state index in [-0.39, 0.29) is 0 Å². The molecular formula is C14H9F17O3. The molecule has 0 aliphatic heterocycles. The van der Waals surface area contributed by atoms with Crippen molar-refractivity contribution >= 4 is 11.8 Å². The molecule has 0 fully saturated rings. The van der Waals surface area contributed by atoms with Crippen molar-refractivity contribution in [2.75, 3.05) is 0 Å². The number of ketones is 1. The lowest BCUT2D eigenvalue weighted by atomic mass is 9.87. The van der Waals surface area contributed by atoms with Crippen LogP contribution in [0.2, 0.25) is 0 Å². The molecule has 3 nitrogen and oxygen atoms in total. The molecular weight excluding hydrogens is 539 g/mol. The van der Waals surface area contributed by atoms with E-state index in [0.717, 1.165) is 0 Å². The van der Waals surface area contributed by atoms with E-state index < -0.39 is 85.1 Å². The molecule has 0 rings (SSSR count). The van der Waals surface area contributed by atoms with Gasteiger partial charge in [0.2, 0.25) is 0 Å². The summed E-state index contributed by atoms with van der Waals surface area (Å²) in [6.45, 7) is 0. The average Bonchev–Trinajstić information content (AvgIpc) is 2.58. The van der Waals surface area contributed by atoms with Gasteiger partial charge in [-0.05, 0) is 6.42 Å². The SMILES string of the molecule is O=C(O)CC(=O)CCCC(F)(F)C(F)(F)C(F)(F)C(F)(F)C(F)(F)C(F)(F)C(F)(F)C(F)(F)F. The van der Waals surface area contributed by atoms with Gasteiger partial charge in [0.25, 0.3) is 0 Å². The van der Waals surface area contributed by atoms with Crippen LogP contribution in [0, 0.1) is 0 Å². The van der Waals surface area contributed by atoms with Crippen LogP contribution in [-0.2, 0) is 9.59 Å². The molecule has 0 aliphatic carbocycles. The minimum atomic E-state index is -8.69. The van der Waals surface area contributed by atoms with Crippen LogP contribution < -0.4 is 0 Å². The van der Waals surface area contributed by atoms with Gasteiger partial charge in [0.05, 0.1) is 0 Å². The zero-order chi connectivity index (χ0) is 28.0. The van der Waals surface area contributed by atoms with Crippen molar-refractivity contribution in [3.05, 3.63) is 0 Å². The van der Waals surface area contributed by atoms with Gasteiger partial charge in [-0.15, -0.1) is 0 Å². The van der Waals surface area contributed by atoms with E-state index >= 15 is 0 Å². The third kappa shape index (κ3) is 4.85. The van der Waals surface area contributed by atoms with Crippen LogP contribution in [0.3, 0.4) is 0 Å². The van der Waals surface area contributed by atoms with Gasteiger partial charge in [0.1, 0.15) is 12.2 Å². The fraction of sp³-hybridized carbons (Fsp3) is 0.857. The summed E-state index contributed by atoms with van der Waals surface area (Å²) in [6, 6.07) is 0. The summed E-state index contributed by atoms with van der Waals surface area (Å²) in [5.41, 5.74) is 0. The first-order valence-electron chi connectivity index (χ1n) is 8.01. The highest BCUT2D eigenvalue weighted by Crippen LogP contribution is 2.64. The second-order valence-electron chi connectivity index (χ2n) is 6.61. The topological polar surface area (TPSA) is 54.4 Å². The minimum absolute atomic E-state index is 1.40. The first-order valence-corrected chi connectivity index (χ1v) is 8.01. The Morgan fingerprint density at radius 2 is 0.853 bits per heavy atom. The molecule has 20 heteroatoms. The van der Waals surface area contributed by atoms with Crippen molar-refractivity contribution in [3.8, 4) is 0 Å². The Labute approximate surface area is 175 Å². The molecule has 0 aromatic carbocycles. The molecule has 202 valence electrons. The number of hydrogen-bond acceptors (Lipinski definition) is 2.